The van der Waals surface area contributed by atoms with E-state index >= 15 is 0 Å². The molecule has 0 aliphatic rings. The van der Waals surface area contributed by atoms with Crippen LogP contribution in [-0.2, 0) is 17.6 Å². The lowest BCUT2D eigenvalue weighted by Crippen LogP contribution is -2.13. The van der Waals surface area contributed by atoms with Gasteiger partial charge < -0.3 is 15.8 Å². The van der Waals surface area contributed by atoms with Crippen molar-refractivity contribution in [1.82, 2.24) is 5.32 Å². The van der Waals surface area contributed by atoms with Crippen molar-refractivity contribution in [3.05, 3.63) is 70.8 Å². The van der Waals surface area contributed by atoms with E-state index in [0.717, 1.165) is 24.1 Å². The molecule has 0 saturated carbocycles. The van der Waals surface area contributed by atoms with Gasteiger partial charge in [-0.05, 0) is 43.3 Å². The Morgan fingerprint density at radius 1 is 1.12 bits per heavy atom. The van der Waals surface area contributed by atoms with Gasteiger partial charge in [0.2, 0.25) is 5.90 Å². The second-order valence-corrected chi connectivity index (χ2v) is 5.81. The van der Waals surface area contributed by atoms with Gasteiger partial charge in [-0.3, -0.25) is 5.41 Å². The summed E-state index contributed by atoms with van der Waals surface area (Å²) in [6, 6.07) is 15.6. The van der Waals surface area contributed by atoms with Gasteiger partial charge in [-0.15, -0.1) is 5.10 Å². The van der Waals surface area contributed by atoms with Crippen LogP contribution in [0.5, 0.6) is 0 Å². The first-order chi connectivity index (χ1) is 12.6. The molecule has 0 unspecified atom stereocenters. The van der Waals surface area contributed by atoms with Crippen LogP contribution >= 0.6 is 0 Å². The summed E-state index contributed by atoms with van der Waals surface area (Å²) >= 11 is 0. The molecule has 0 atom stereocenters. The monoisotopic (exact) mass is 351 g/mol. The summed E-state index contributed by atoms with van der Waals surface area (Å²) in [4.78, 5) is 0. The zero-order valence-electron chi connectivity index (χ0n) is 15.0. The van der Waals surface area contributed by atoms with Gasteiger partial charge in [0.05, 0.1) is 6.61 Å². The smallest absolute Gasteiger partial charge is 0.240 e. The van der Waals surface area contributed by atoms with Gasteiger partial charge >= 0.3 is 0 Å². The highest BCUT2D eigenvalue weighted by molar-refractivity contribution is 5.95. The number of nitrogens with zero attached hydrogens (tertiary/aromatic N) is 2. The fourth-order valence-electron chi connectivity index (χ4n) is 2.48. The number of hydrogen-bond donors (Lipinski definition) is 3. The Hall–Kier alpha value is -2.99. The van der Waals surface area contributed by atoms with Crippen LogP contribution in [0.1, 0.15) is 22.3 Å². The van der Waals surface area contributed by atoms with E-state index < -0.39 is 0 Å². The Kier molecular flexibility index (Phi) is 7.51. The van der Waals surface area contributed by atoms with Crippen molar-refractivity contribution in [3.63, 3.8) is 0 Å². The first-order valence-electron chi connectivity index (χ1n) is 8.47. The van der Waals surface area contributed by atoms with Gasteiger partial charge in [0, 0.05) is 24.3 Å². The summed E-state index contributed by atoms with van der Waals surface area (Å²) in [6.07, 6.45) is 1.65. The van der Waals surface area contributed by atoms with E-state index in [1.54, 1.807) is 0 Å². The Bertz CT molecular complexity index is 768. The first-order valence-corrected chi connectivity index (χ1v) is 8.47. The Labute approximate surface area is 154 Å². The predicted octanol–water partition coefficient (Wildman–Crippen LogP) is 2.35. The lowest BCUT2D eigenvalue weighted by molar-refractivity contribution is 0.309. The van der Waals surface area contributed by atoms with Crippen molar-refractivity contribution in [2.45, 2.75) is 12.8 Å². The Balaban J connectivity index is 1.99. The molecule has 6 heteroatoms. The summed E-state index contributed by atoms with van der Waals surface area (Å²) in [5.74, 6) is 0.532. The van der Waals surface area contributed by atoms with Gasteiger partial charge in [0.15, 0.2) is 0 Å². The molecule has 0 amide bonds. The molecule has 0 aliphatic heterocycles. The standard InChI is InChI=1S/C20H25N5O/c1-23-12-10-16-4-3-5-18(14-16)20(25-24-2)26-13-11-15-6-8-17(9-7-15)19(21)22/h3-9,14,23H,2,10-13H2,1H3,(H3,21,22)/b25-20-. The number of benzene rings is 2. The fraction of sp³-hybridized carbons (Fsp3) is 0.250. The number of nitrogens with one attached hydrogen (secondary N) is 2. The molecular formula is C20H25N5O. The van der Waals surface area contributed by atoms with Crippen molar-refractivity contribution in [2.24, 2.45) is 15.9 Å². The molecule has 0 aromatic heterocycles. The molecule has 2 aromatic rings. The highest BCUT2D eigenvalue weighted by atomic mass is 16.5. The van der Waals surface area contributed by atoms with Crippen LogP contribution in [0.3, 0.4) is 0 Å². The number of nitrogen functional groups attached to an aromatic ring is 1. The topological polar surface area (TPSA) is 95.9 Å². The maximum atomic E-state index is 7.42. The third kappa shape index (κ3) is 5.82. The minimum absolute atomic E-state index is 0.0671. The molecule has 0 heterocycles. The third-order valence-electron chi connectivity index (χ3n) is 3.89. The molecule has 2 aromatic carbocycles. The first kappa shape index (κ1) is 19.3. The zero-order valence-corrected chi connectivity index (χ0v) is 15.0. The van der Waals surface area contributed by atoms with Gasteiger partial charge in [0.1, 0.15) is 5.84 Å². The van der Waals surface area contributed by atoms with Crippen molar-refractivity contribution in [1.29, 1.82) is 5.41 Å². The number of ether oxygens (including phenoxy) is 1. The number of hydrogen-bond acceptors (Lipinski definition) is 5. The lowest BCUT2D eigenvalue weighted by atomic mass is 10.1. The second kappa shape index (κ2) is 10.1. The van der Waals surface area contributed by atoms with Crippen LogP contribution in [0.15, 0.2) is 58.7 Å². The molecular weight excluding hydrogens is 326 g/mol. The molecule has 0 fully saturated rings. The summed E-state index contributed by atoms with van der Waals surface area (Å²) in [5, 5.41) is 18.2. The van der Waals surface area contributed by atoms with Gasteiger partial charge in [-0.2, -0.15) is 5.10 Å². The maximum absolute atomic E-state index is 7.42. The molecule has 26 heavy (non-hydrogen) atoms. The lowest BCUT2D eigenvalue weighted by Gasteiger charge is -2.10. The van der Waals surface area contributed by atoms with Crippen LogP contribution in [0.25, 0.3) is 0 Å². The van der Waals surface area contributed by atoms with Crippen molar-refractivity contribution in [2.75, 3.05) is 20.2 Å². The minimum Gasteiger partial charge on any atom is -0.476 e. The number of amidine groups is 1. The quantitative estimate of drug-likeness (QED) is 0.368. The molecule has 4 N–H and O–H groups in total. The third-order valence-corrected chi connectivity index (χ3v) is 3.89. The normalized spacial score (nSPS) is 11.2. The molecule has 6 nitrogen and oxygen atoms in total. The van der Waals surface area contributed by atoms with E-state index in [2.05, 4.69) is 34.4 Å². The fourth-order valence-corrected chi connectivity index (χ4v) is 2.48. The highest BCUT2D eigenvalue weighted by Crippen LogP contribution is 2.10. The van der Waals surface area contributed by atoms with Crippen LogP contribution in [0.4, 0.5) is 0 Å². The average molecular weight is 351 g/mol. The number of likely N-dealkylation sites (N-methyl/N-ethyl adjacent to an activating group) is 1. The van der Waals surface area contributed by atoms with Gasteiger partial charge in [-0.25, -0.2) is 0 Å². The van der Waals surface area contributed by atoms with E-state index in [1.807, 2.05) is 43.4 Å². The molecule has 2 rings (SSSR count). The SMILES string of the molecule is C=N/N=C(\OCCc1ccc(C(=N)N)cc1)c1cccc(CCNC)c1. The van der Waals surface area contributed by atoms with E-state index in [4.69, 9.17) is 15.9 Å². The van der Waals surface area contributed by atoms with E-state index in [-0.39, 0.29) is 5.84 Å². The Morgan fingerprint density at radius 3 is 2.54 bits per heavy atom. The molecule has 0 spiro atoms. The molecule has 0 radical (unpaired) electrons. The van der Waals surface area contributed by atoms with Crippen LogP contribution in [0.2, 0.25) is 0 Å². The van der Waals surface area contributed by atoms with Crippen LogP contribution in [-0.4, -0.2) is 38.7 Å². The van der Waals surface area contributed by atoms with Crippen molar-refractivity contribution >= 4 is 18.5 Å². The van der Waals surface area contributed by atoms with E-state index in [0.29, 0.717) is 24.5 Å². The molecule has 136 valence electrons. The minimum atomic E-state index is 0.0671. The highest BCUT2D eigenvalue weighted by Gasteiger charge is 2.07. The maximum Gasteiger partial charge on any atom is 0.240 e. The molecule has 0 bridgehead atoms. The van der Waals surface area contributed by atoms with Gasteiger partial charge in [0.25, 0.3) is 0 Å². The number of nitrogens with two attached hydrogens (primary N) is 1. The summed E-state index contributed by atoms with van der Waals surface area (Å²) < 4.78 is 5.84. The zero-order chi connectivity index (χ0) is 18.8. The van der Waals surface area contributed by atoms with Crippen LogP contribution in [0, 0.1) is 5.41 Å². The summed E-state index contributed by atoms with van der Waals surface area (Å²) in [7, 11) is 1.93. The summed E-state index contributed by atoms with van der Waals surface area (Å²) in [5.41, 5.74) is 9.37. The molecule has 0 saturated heterocycles. The predicted molar refractivity (Wildman–Crippen MR) is 107 cm³/mol. The second-order valence-electron chi connectivity index (χ2n) is 5.81. The Morgan fingerprint density at radius 2 is 1.88 bits per heavy atom. The van der Waals surface area contributed by atoms with Gasteiger partial charge in [-0.1, -0.05) is 36.4 Å². The van der Waals surface area contributed by atoms with E-state index in [1.165, 1.54) is 5.56 Å². The average Bonchev–Trinajstić information content (AvgIpc) is 2.66. The van der Waals surface area contributed by atoms with Crippen LogP contribution < -0.4 is 11.1 Å². The van der Waals surface area contributed by atoms with E-state index in [9.17, 15) is 0 Å². The molecule has 0 aliphatic carbocycles. The summed E-state index contributed by atoms with van der Waals surface area (Å²) in [6.45, 7) is 4.81. The number of rotatable bonds is 9. The largest absolute Gasteiger partial charge is 0.476 e. The van der Waals surface area contributed by atoms with Crippen molar-refractivity contribution < 1.29 is 4.74 Å². The van der Waals surface area contributed by atoms with Crippen molar-refractivity contribution in [3.8, 4) is 0 Å².